The highest BCUT2D eigenvalue weighted by Crippen LogP contribution is 2.25. The molecule has 0 saturated carbocycles. The minimum atomic E-state index is 0.187. The van der Waals surface area contributed by atoms with Crippen molar-refractivity contribution < 1.29 is 9.53 Å². The lowest BCUT2D eigenvalue weighted by molar-refractivity contribution is -0.130. The van der Waals surface area contributed by atoms with Crippen molar-refractivity contribution >= 4 is 16.8 Å². The van der Waals surface area contributed by atoms with Gasteiger partial charge in [0.2, 0.25) is 5.91 Å². The van der Waals surface area contributed by atoms with Crippen LogP contribution < -0.4 is 0 Å². The van der Waals surface area contributed by atoms with Crippen LogP contribution in [-0.4, -0.2) is 65.6 Å². The van der Waals surface area contributed by atoms with Gasteiger partial charge in [0.15, 0.2) is 0 Å². The molecule has 2 fully saturated rings. The first-order valence-corrected chi connectivity index (χ1v) is 9.64. The summed E-state index contributed by atoms with van der Waals surface area (Å²) >= 11 is 0. The number of carbonyl (C=O) groups excluding carboxylic acids is 1. The van der Waals surface area contributed by atoms with E-state index in [0.717, 1.165) is 57.5 Å². The number of nitrogens with zero attached hydrogens (tertiary/aromatic N) is 3. The van der Waals surface area contributed by atoms with Crippen molar-refractivity contribution in [3.8, 4) is 0 Å². The van der Waals surface area contributed by atoms with E-state index in [1.165, 1.54) is 10.9 Å². The number of amides is 1. The molecule has 0 N–H and O–H groups in total. The molecule has 0 unspecified atom stereocenters. The maximum absolute atomic E-state index is 11.4. The molecule has 2 aliphatic heterocycles. The normalized spacial score (nSPS) is 24.3. The van der Waals surface area contributed by atoms with Crippen molar-refractivity contribution in [3.05, 3.63) is 42.1 Å². The van der Waals surface area contributed by atoms with Crippen LogP contribution in [0.25, 0.3) is 10.9 Å². The smallest absolute Gasteiger partial charge is 0.219 e. The number of rotatable bonds is 4. The van der Waals surface area contributed by atoms with Gasteiger partial charge < -0.3 is 9.64 Å². The average Bonchev–Trinajstić information content (AvgIpc) is 3.09. The minimum absolute atomic E-state index is 0.187. The van der Waals surface area contributed by atoms with Gasteiger partial charge in [-0.3, -0.25) is 14.7 Å². The second-order valence-corrected chi connectivity index (χ2v) is 7.50. The zero-order valence-electron chi connectivity index (χ0n) is 15.4. The maximum Gasteiger partial charge on any atom is 0.219 e. The van der Waals surface area contributed by atoms with Gasteiger partial charge >= 0.3 is 0 Å². The van der Waals surface area contributed by atoms with Gasteiger partial charge in [-0.25, -0.2) is 0 Å². The molecule has 1 aromatic heterocycles. The molecule has 138 valence electrons. The van der Waals surface area contributed by atoms with Crippen LogP contribution >= 0.6 is 0 Å². The zero-order chi connectivity index (χ0) is 17.9. The van der Waals surface area contributed by atoms with Crippen molar-refractivity contribution in [3.63, 3.8) is 0 Å². The summed E-state index contributed by atoms with van der Waals surface area (Å²) in [5, 5.41) is 1.20. The molecule has 0 radical (unpaired) electrons. The molecule has 4 rings (SSSR count). The summed E-state index contributed by atoms with van der Waals surface area (Å²) in [6, 6.07) is 10.6. The quantitative estimate of drug-likeness (QED) is 0.847. The number of hydrogen-bond acceptors (Lipinski definition) is 4. The molecule has 2 aromatic rings. The number of hydrogen-bond donors (Lipinski definition) is 0. The van der Waals surface area contributed by atoms with Gasteiger partial charge in [0, 0.05) is 51.2 Å². The Hall–Kier alpha value is -1.98. The monoisotopic (exact) mass is 353 g/mol. The molecule has 3 heterocycles. The molecule has 0 spiro atoms. The predicted molar refractivity (Wildman–Crippen MR) is 102 cm³/mol. The lowest BCUT2D eigenvalue weighted by Crippen LogP contribution is -2.49. The van der Waals surface area contributed by atoms with E-state index in [4.69, 9.17) is 4.74 Å². The summed E-state index contributed by atoms with van der Waals surface area (Å²) in [6.07, 6.45) is 5.71. The van der Waals surface area contributed by atoms with Gasteiger partial charge in [-0.1, -0.05) is 12.1 Å². The van der Waals surface area contributed by atoms with Crippen LogP contribution in [0.1, 0.15) is 25.3 Å². The van der Waals surface area contributed by atoms with E-state index >= 15 is 0 Å². The van der Waals surface area contributed by atoms with Gasteiger partial charge in [-0.2, -0.15) is 0 Å². The van der Waals surface area contributed by atoms with Crippen LogP contribution in [0.5, 0.6) is 0 Å². The third-order valence-corrected chi connectivity index (χ3v) is 5.61. The van der Waals surface area contributed by atoms with Gasteiger partial charge in [-0.05, 0) is 43.0 Å². The number of benzene rings is 1. The van der Waals surface area contributed by atoms with Crippen LogP contribution in [0.4, 0.5) is 0 Å². The van der Waals surface area contributed by atoms with Crippen LogP contribution in [0.15, 0.2) is 36.5 Å². The lowest BCUT2D eigenvalue weighted by atomic mass is 10.0. The van der Waals surface area contributed by atoms with Crippen LogP contribution in [0.2, 0.25) is 0 Å². The van der Waals surface area contributed by atoms with Gasteiger partial charge in [-0.15, -0.1) is 0 Å². The van der Waals surface area contributed by atoms with E-state index in [9.17, 15) is 4.79 Å². The molecule has 1 amide bonds. The highest BCUT2D eigenvalue weighted by molar-refractivity contribution is 5.78. The highest BCUT2D eigenvalue weighted by atomic mass is 16.5. The summed E-state index contributed by atoms with van der Waals surface area (Å²) in [4.78, 5) is 20.2. The lowest BCUT2D eigenvalue weighted by Gasteiger charge is -2.35. The third-order valence-electron chi connectivity index (χ3n) is 5.61. The van der Waals surface area contributed by atoms with E-state index in [0.29, 0.717) is 12.2 Å². The molecule has 1 aromatic carbocycles. The average molecular weight is 353 g/mol. The molecule has 5 heteroatoms. The Labute approximate surface area is 154 Å². The summed E-state index contributed by atoms with van der Waals surface area (Å²) in [6.45, 7) is 6.25. The van der Waals surface area contributed by atoms with E-state index in [1.54, 1.807) is 6.92 Å². The van der Waals surface area contributed by atoms with Crippen molar-refractivity contribution in [2.75, 3.05) is 32.7 Å². The minimum Gasteiger partial charge on any atom is -0.373 e. The second-order valence-electron chi connectivity index (χ2n) is 7.50. The predicted octanol–water partition coefficient (Wildman–Crippen LogP) is 2.49. The number of fused-ring (bicyclic) bond motifs is 1. The van der Waals surface area contributed by atoms with Gasteiger partial charge in [0.25, 0.3) is 0 Å². The Morgan fingerprint density at radius 3 is 2.77 bits per heavy atom. The fourth-order valence-electron chi connectivity index (χ4n) is 4.11. The fraction of sp³-hybridized carbons (Fsp3) is 0.524. The molecule has 2 saturated heterocycles. The van der Waals surface area contributed by atoms with Crippen LogP contribution in [0, 0.1) is 0 Å². The van der Waals surface area contributed by atoms with E-state index in [2.05, 4.69) is 34.1 Å². The van der Waals surface area contributed by atoms with Crippen molar-refractivity contribution in [1.29, 1.82) is 0 Å². The number of aromatic nitrogens is 1. The summed E-state index contributed by atoms with van der Waals surface area (Å²) in [5.74, 6) is 0.187. The highest BCUT2D eigenvalue weighted by Gasteiger charge is 2.28. The Balaban J connectivity index is 1.27. The van der Waals surface area contributed by atoms with Crippen molar-refractivity contribution in [1.82, 2.24) is 14.8 Å². The summed E-state index contributed by atoms with van der Waals surface area (Å²) in [5.41, 5.74) is 2.37. The number of carbonyl (C=O) groups is 1. The number of ether oxygens (including phenoxy) is 1. The number of piperazine rings is 1. The van der Waals surface area contributed by atoms with Crippen LogP contribution in [0.3, 0.4) is 0 Å². The van der Waals surface area contributed by atoms with Gasteiger partial charge in [0.05, 0.1) is 17.7 Å². The third kappa shape index (κ3) is 4.05. The molecule has 2 atom stereocenters. The SMILES string of the molecule is CC(=O)N1CCN(C[C@H]2CC[C@@H](Cc3ccc4ncccc4c3)O2)CC1. The van der Waals surface area contributed by atoms with Crippen LogP contribution in [-0.2, 0) is 16.0 Å². The summed E-state index contributed by atoms with van der Waals surface area (Å²) < 4.78 is 6.32. The maximum atomic E-state index is 11.4. The summed E-state index contributed by atoms with van der Waals surface area (Å²) in [7, 11) is 0. The van der Waals surface area contributed by atoms with Crippen molar-refractivity contribution in [2.24, 2.45) is 0 Å². The molecule has 0 bridgehead atoms. The Morgan fingerprint density at radius 1 is 1.15 bits per heavy atom. The molecular weight excluding hydrogens is 326 g/mol. The topological polar surface area (TPSA) is 45.7 Å². The first-order chi connectivity index (χ1) is 12.7. The molecule has 2 aliphatic rings. The number of pyridine rings is 1. The van der Waals surface area contributed by atoms with Gasteiger partial charge in [0.1, 0.15) is 0 Å². The molecule has 0 aliphatic carbocycles. The molecule has 26 heavy (non-hydrogen) atoms. The standard InChI is InChI=1S/C21H27N3O2/c1-16(25)24-11-9-23(10-12-24)15-20-6-5-19(26-20)14-17-4-7-21-18(13-17)3-2-8-22-21/h2-4,7-8,13,19-20H,5-6,9-12,14-15H2,1H3/t19-,20+/m0/s1. The Morgan fingerprint density at radius 2 is 1.96 bits per heavy atom. The van der Waals surface area contributed by atoms with E-state index in [1.807, 2.05) is 17.2 Å². The van der Waals surface area contributed by atoms with Crippen molar-refractivity contribution in [2.45, 2.75) is 38.4 Å². The first kappa shape index (κ1) is 17.4. The first-order valence-electron chi connectivity index (χ1n) is 9.64. The molecular formula is C21H27N3O2. The Bertz CT molecular complexity index is 771. The fourth-order valence-corrected chi connectivity index (χ4v) is 4.11. The Kier molecular flexibility index (Phi) is 5.18. The second kappa shape index (κ2) is 7.72. The largest absolute Gasteiger partial charge is 0.373 e. The zero-order valence-corrected chi connectivity index (χ0v) is 15.4. The van der Waals surface area contributed by atoms with E-state index < -0.39 is 0 Å². The van der Waals surface area contributed by atoms with E-state index in [-0.39, 0.29) is 5.91 Å². The molecule has 5 nitrogen and oxygen atoms in total.